The molecule has 112 valence electrons. The first-order chi connectivity index (χ1) is 9.41. The van der Waals surface area contributed by atoms with Gasteiger partial charge in [-0.05, 0) is 12.8 Å². The van der Waals surface area contributed by atoms with Crippen molar-refractivity contribution in [3.8, 4) is 0 Å². The van der Waals surface area contributed by atoms with E-state index in [2.05, 4.69) is 10.3 Å². The minimum Gasteiger partial charge on any atom is -0.409 e. The van der Waals surface area contributed by atoms with Gasteiger partial charge in [0.25, 0.3) is 0 Å². The van der Waals surface area contributed by atoms with Gasteiger partial charge in [0.15, 0.2) is 5.84 Å². The monoisotopic (exact) mass is 281 g/mol. The molecule has 0 bridgehead atoms. The van der Waals surface area contributed by atoms with Crippen LogP contribution in [0.4, 0.5) is 0 Å². The van der Waals surface area contributed by atoms with Gasteiger partial charge in [0.1, 0.15) is 5.41 Å². The molecule has 7 nitrogen and oxygen atoms in total. The third kappa shape index (κ3) is 2.92. The first kappa shape index (κ1) is 16.0. The van der Waals surface area contributed by atoms with Gasteiger partial charge >= 0.3 is 0 Å². The standard InChI is InChI=1S/C13H23N5O2/c1-5-13(6-2,11(14)16-20)12(19)17(3)8-10-7-15-18(4)9-10/h7,9,20H,5-6,8H2,1-4H3,(H2,14,16). The zero-order valence-corrected chi connectivity index (χ0v) is 12.5. The van der Waals surface area contributed by atoms with Crippen LogP contribution in [0.1, 0.15) is 32.3 Å². The maximum Gasteiger partial charge on any atom is 0.236 e. The Hall–Kier alpha value is -2.05. The fourth-order valence-corrected chi connectivity index (χ4v) is 2.38. The zero-order chi connectivity index (χ0) is 15.3. The van der Waals surface area contributed by atoms with Crippen LogP contribution in [0.15, 0.2) is 17.5 Å². The lowest BCUT2D eigenvalue weighted by atomic mass is 9.79. The lowest BCUT2D eigenvalue weighted by molar-refractivity contribution is -0.138. The minimum atomic E-state index is -0.953. The van der Waals surface area contributed by atoms with E-state index in [0.29, 0.717) is 19.4 Å². The maximum atomic E-state index is 12.7. The highest BCUT2D eigenvalue weighted by atomic mass is 16.4. The van der Waals surface area contributed by atoms with E-state index in [9.17, 15) is 4.79 Å². The molecule has 1 rings (SSSR count). The molecular weight excluding hydrogens is 258 g/mol. The summed E-state index contributed by atoms with van der Waals surface area (Å²) in [7, 11) is 3.53. The molecule has 0 radical (unpaired) electrons. The molecule has 3 N–H and O–H groups in total. The van der Waals surface area contributed by atoms with Crippen LogP contribution in [-0.4, -0.2) is 38.7 Å². The molecule has 1 aromatic heterocycles. The quantitative estimate of drug-likeness (QED) is 0.351. The highest BCUT2D eigenvalue weighted by Gasteiger charge is 2.41. The van der Waals surface area contributed by atoms with Crippen molar-refractivity contribution < 1.29 is 10.0 Å². The summed E-state index contributed by atoms with van der Waals surface area (Å²) in [6, 6.07) is 0. The van der Waals surface area contributed by atoms with E-state index in [1.54, 1.807) is 22.8 Å². The number of nitrogens with two attached hydrogens (primary N) is 1. The number of aromatic nitrogens is 2. The first-order valence-corrected chi connectivity index (χ1v) is 6.62. The van der Waals surface area contributed by atoms with E-state index in [1.165, 1.54) is 0 Å². The molecule has 0 fully saturated rings. The fraction of sp³-hybridized carbons (Fsp3) is 0.615. The van der Waals surface area contributed by atoms with Crippen molar-refractivity contribution in [2.45, 2.75) is 33.2 Å². The van der Waals surface area contributed by atoms with E-state index in [4.69, 9.17) is 10.9 Å². The van der Waals surface area contributed by atoms with Gasteiger partial charge in [0.2, 0.25) is 5.91 Å². The Morgan fingerprint density at radius 2 is 2.15 bits per heavy atom. The second-order valence-electron chi connectivity index (χ2n) is 4.96. The van der Waals surface area contributed by atoms with Gasteiger partial charge in [-0.1, -0.05) is 19.0 Å². The number of nitrogens with zero attached hydrogens (tertiary/aromatic N) is 4. The predicted octanol–water partition coefficient (Wildman–Crippen LogP) is 0.931. The number of oxime groups is 1. The Morgan fingerprint density at radius 3 is 2.55 bits per heavy atom. The van der Waals surface area contributed by atoms with Gasteiger partial charge in [-0.25, -0.2) is 0 Å². The van der Waals surface area contributed by atoms with Crippen LogP contribution in [0.2, 0.25) is 0 Å². The SMILES string of the molecule is CCC(CC)(C(=O)N(C)Cc1cnn(C)c1)C(N)=NO. The van der Waals surface area contributed by atoms with Crippen LogP contribution in [-0.2, 0) is 18.4 Å². The number of carbonyl (C=O) groups is 1. The van der Waals surface area contributed by atoms with Crippen LogP contribution >= 0.6 is 0 Å². The van der Waals surface area contributed by atoms with E-state index in [1.807, 2.05) is 27.1 Å². The fourth-order valence-electron chi connectivity index (χ4n) is 2.38. The highest BCUT2D eigenvalue weighted by Crippen LogP contribution is 2.29. The summed E-state index contributed by atoms with van der Waals surface area (Å²) < 4.78 is 1.68. The minimum absolute atomic E-state index is 0.0365. The van der Waals surface area contributed by atoms with E-state index >= 15 is 0 Å². The van der Waals surface area contributed by atoms with Crippen LogP contribution in [0.25, 0.3) is 0 Å². The molecule has 20 heavy (non-hydrogen) atoms. The van der Waals surface area contributed by atoms with Gasteiger partial charge in [-0.15, -0.1) is 0 Å². The summed E-state index contributed by atoms with van der Waals surface area (Å²) in [6.45, 7) is 4.15. The van der Waals surface area contributed by atoms with Crippen LogP contribution in [0, 0.1) is 5.41 Å². The van der Waals surface area contributed by atoms with Crippen molar-refractivity contribution in [1.29, 1.82) is 0 Å². The van der Waals surface area contributed by atoms with E-state index < -0.39 is 5.41 Å². The molecule has 7 heteroatoms. The van der Waals surface area contributed by atoms with Crippen molar-refractivity contribution >= 4 is 11.7 Å². The maximum absolute atomic E-state index is 12.7. The summed E-state index contributed by atoms with van der Waals surface area (Å²) >= 11 is 0. The molecule has 1 amide bonds. The molecule has 0 saturated carbocycles. The van der Waals surface area contributed by atoms with Crippen molar-refractivity contribution in [3.63, 3.8) is 0 Å². The number of carbonyl (C=O) groups excluding carboxylic acids is 1. The van der Waals surface area contributed by atoms with Crippen molar-refractivity contribution in [3.05, 3.63) is 18.0 Å². The molecule has 0 saturated heterocycles. The third-order valence-electron chi connectivity index (χ3n) is 3.74. The molecule has 0 spiro atoms. The van der Waals surface area contributed by atoms with Crippen molar-refractivity contribution in [2.24, 2.45) is 23.4 Å². The Labute approximate surface area is 119 Å². The molecule has 0 aliphatic rings. The number of hydrogen-bond donors (Lipinski definition) is 2. The third-order valence-corrected chi connectivity index (χ3v) is 3.74. The topological polar surface area (TPSA) is 96.7 Å². The number of amidine groups is 1. The molecule has 0 atom stereocenters. The molecule has 1 aromatic rings. The lowest BCUT2D eigenvalue weighted by Gasteiger charge is -2.33. The molecule has 0 aliphatic carbocycles. The molecule has 0 aliphatic heterocycles. The molecular formula is C13H23N5O2. The van der Waals surface area contributed by atoms with Gasteiger partial charge in [0, 0.05) is 32.4 Å². The summed E-state index contributed by atoms with van der Waals surface area (Å²) in [6.07, 6.45) is 4.53. The molecule has 1 heterocycles. The normalized spacial score (nSPS) is 12.5. The van der Waals surface area contributed by atoms with Crippen LogP contribution < -0.4 is 5.73 Å². The van der Waals surface area contributed by atoms with Gasteiger partial charge < -0.3 is 15.8 Å². The number of hydrogen-bond acceptors (Lipinski definition) is 4. The Bertz CT molecular complexity index is 491. The van der Waals surface area contributed by atoms with Crippen molar-refractivity contribution in [2.75, 3.05) is 7.05 Å². The first-order valence-electron chi connectivity index (χ1n) is 6.62. The second kappa shape index (κ2) is 6.40. The lowest BCUT2D eigenvalue weighted by Crippen LogP contribution is -2.49. The van der Waals surface area contributed by atoms with Crippen molar-refractivity contribution in [1.82, 2.24) is 14.7 Å². The summed E-state index contributed by atoms with van der Waals surface area (Å²) in [5.41, 5.74) is 5.73. The van der Waals surface area contributed by atoms with Gasteiger partial charge in [0.05, 0.1) is 6.20 Å². The van der Waals surface area contributed by atoms with Gasteiger partial charge in [-0.2, -0.15) is 5.10 Å². The number of amides is 1. The molecule has 0 unspecified atom stereocenters. The average Bonchev–Trinajstić information content (AvgIpc) is 2.85. The zero-order valence-electron chi connectivity index (χ0n) is 12.5. The van der Waals surface area contributed by atoms with E-state index in [-0.39, 0.29) is 11.7 Å². The summed E-state index contributed by atoms with van der Waals surface area (Å²) in [5, 5.41) is 16.1. The Kier molecular flexibility index (Phi) is 5.12. The smallest absolute Gasteiger partial charge is 0.236 e. The van der Waals surface area contributed by atoms with E-state index in [0.717, 1.165) is 5.56 Å². The van der Waals surface area contributed by atoms with Crippen LogP contribution in [0.3, 0.4) is 0 Å². The largest absolute Gasteiger partial charge is 0.409 e. The molecule has 0 aromatic carbocycles. The van der Waals surface area contributed by atoms with Crippen LogP contribution in [0.5, 0.6) is 0 Å². The number of aryl methyl sites for hydroxylation is 1. The second-order valence-corrected chi connectivity index (χ2v) is 4.96. The Balaban J connectivity index is 2.95. The number of rotatable bonds is 6. The van der Waals surface area contributed by atoms with Gasteiger partial charge in [-0.3, -0.25) is 9.48 Å². The highest BCUT2D eigenvalue weighted by molar-refractivity contribution is 6.06. The summed E-state index contributed by atoms with van der Waals surface area (Å²) in [5.74, 6) is -0.188. The summed E-state index contributed by atoms with van der Waals surface area (Å²) in [4.78, 5) is 14.3. The Morgan fingerprint density at radius 1 is 1.55 bits per heavy atom. The average molecular weight is 281 g/mol. The predicted molar refractivity (Wildman–Crippen MR) is 76.1 cm³/mol.